The molecule has 0 aliphatic carbocycles. The molecule has 3 rings (SSSR count). The van der Waals surface area contributed by atoms with E-state index in [9.17, 15) is 9.18 Å². The highest BCUT2D eigenvalue weighted by Gasteiger charge is 2.24. The summed E-state index contributed by atoms with van der Waals surface area (Å²) in [5.74, 6) is -0.326. The SMILES string of the molecule is Cc1cc(C(=O)N2CCN(c3ccccc3F)CC2)ncn1. The Balaban J connectivity index is 1.67. The zero-order valence-corrected chi connectivity index (χ0v) is 12.4. The van der Waals surface area contributed by atoms with E-state index < -0.39 is 0 Å². The van der Waals surface area contributed by atoms with E-state index in [1.807, 2.05) is 17.9 Å². The fourth-order valence-electron chi connectivity index (χ4n) is 2.59. The predicted octanol–water partition coefficient (Wildman–Crippen LogP) is 1.89. The van der Waals surface area contributed by atoms with Crippen LogP contribution in [0.1, 0.15) is 16.2 Å². The van der Waals surface area contributed by atoms with Crippen LogP contribution in [-0.2, 0) is 0 Å². The van der Waals surface area contributed by atoms with Crippen molar-refractivity contribution < 1.29 is 9.18 Å². The second-order valence-corrected chi connectivity index (χ2v) is 5.28. The highest BCUT2D eigenvalue weighted by molar-refractivity contribution is 5.92. The Hall–Kier alpha value is -2.50. The molecule has 1 aliphatic heterocycles. The molecule has 1 aliphatic rings. The summed E-state index contributed by atoms with van der Waals surface area (Å²) in [7, 11) is 0. The van der Waals surface area contributed by atoms with Crippen molar-refractivity contribution in [2.24, 2.45) is 0 Å². The minimum absolute atomic E-state index is 0.0984. The maximum atomic E-state index is 13.8. The van der Waals surface area contributed by atoms with Crippen molar-refractivity contribution in [2.45, 2.75) is 6.92 Å². The molecular weight excluding hydrogens is 283 g/mol. The summed E-state index contributed by atoms with van der Waals surface area (Å²) in [6, 6.07) is 8.40. The summed E-state index contributed by atoms with van der Waals surface area (Å²) in [5.41, 5.74) is 1.77. The van der Waals surface area contributed by atoms with Gasteiger partial charge in [0.15, 0.2) is 0 Å². The zero-order chi connectivity index (χ0) is 15.5. The average molecular weight is 300 g/mol. The molecule has 0 spiro atoms. The summed E-state index contributed by atoms with van der Waals surface area (Å²) in [6.07, 6.45) is 1.40. The number of nitrogens with zero attached hydrogens (tertiary/aromatic N) is 4. The molecule has 1 aromatic heterocycles. The second kappa shape index (κ2) is 6.09. The van der Waals surface area contributed by atoms with Crippen LogP contribution in [0.3, 0.4) is 0 Å². The van der Waals surface area contributed by atoms with E-state index in [2.05, 4.69) is 9.97 Å². The van der Waals surface area contributed by atoms with Crippen molar-refractivity contribution >= 4 is 11.6 Å². The summed E-state index contributed by atoms with van der Waals surface area (Å²) < 4.78 is 13.8. The van der Waals surface area contributed by atoms with Crippen molar-refractivity contribution in [3.63, 3.8) is 0 Å². The molecule has 1 amide bonds. The molecule has 0 atom stereocenters. The third-order valence-electron chi connectivity index (χ3n) is 3.78. The van der Waals surface area contributed by atoms with Gasteiger partial charge in [-0.1, -0.05) is 12.1 Å². The van der Waals surface area contributed by atoms with E-state index in [1.165, 1.54) is 12.4 Å². The van der Waals surface area contributed by atoms with Crippen molar-refractivity contribution in [2.75, 3.05) is 31.1 Å². The van der Waals surface area contributed by atoms with Gasteiger partial charge in [-0.25, -0.2) is 14.4 Å². The molecule has 5 nitrogen and oxygen atoms in total. The van der Waals surface area contributed by atoms with Crippen LogP contribution in [0.4, 0.5) is 10.1 Å². The second-order valence-electron chi connectivity index (χ2n) is 5.28. The lowest BCUT2D eigenvalue weighted by Gasteiger charge is -2.36. The van der Waals surface area contributed by atoms with Crippen LogP contribution < -0.4 is 4.90 Å². The summed E-state index contributed by atoms with van der Waals surface area (Å²) in [5, 5.41) is 0. The number of amides is 1. The van der Waals surface area contributed by atoms with Crippen LogP contribution in [0.5, 0.6) is 0 Å². The lowest BCUT2D eigenvalue weighted by molar-refractivity contribution is 0.0740. The molecule has 2 heterocycles. The first kappa shape index (κ1) is 14.4. The Kier molecular flexibility index (Phi) is 4.00. The Bertz CT molecular complexity index is 683. The normalized spacial score (nSPS) is 15.0. The minimum atomic E-state index is -0.228. The Morgan fingerprint density at radius 3 is 2.55 bits per heavy atom. The standard InChI is InChI=1S/C16H17FN4O/c1-12-10-14(19-11-18-12)16(22)21-8-6-20(7-9-21)15-5-3-2-4-13(15)17/h2-5,10-11H,6-9H2,1H3. The number of rotatable bonds is 2. The smallest absolute Gasteiger partial charge is 0.272 e. The van der Waals surface area contributed by atoms with E-state index in [1.54, 1.807) is 23.1 Å². The number of hydrogen-bond donors (Lipinski definition) is 0. The number of aromatic nitrogens is 2. The summed E-state index contributed by atoms with van der Waals surface area (Å²) >= 11 is 0. The van der Waals surface area contributed by atoms with Crippen molar-refractivity contribution in [3.8, 4) is 0 Å². The molecule has 0 bridgehead atoms. The average Bonchev–Trinajstić information content (AvgIpc) is 2.55. The number of hydrogen-bond acceptors (Lipinski definition) is 4. The topological polar surface area (TPSA) is 49.3 Å². The van der Waals surface area contributed by atoms with Crippen LogP contribution in [0.2, 0.25) is 0 Å². The maximum Gasteiger partial charge on any atom is 0.272 e. The first-order valence-electron chi connectivity index (χ1n) is 7.22. The van der Waals surface area contributed by atoms with E-state index in [0.29, 0.717) is 37.6 Å². The third-order valence-corrected chi connectivity index (χ3v) is 3.78. The van der Waals surface area contributed by atoms with E-state index >= 15 is 0 Å². The molecule has 22 heavy (non-hydrogen) atoms. The van der Waals surface area contributed by atoms with Gasteiger partial charge in [0, 0.05) is 31.9 Å². The summed E-state index contributed by atoms with van der Waals surface area (Å²) in [4.78, 5) is 24.1. The third kappa shape index (κ3) is 2.90. The lowest BCUT2D eigenvalue weighted by atomic mass is 10.2. The first-order valence-corrected chi connectivity index (χ1v) is 7.22. The van der Waals surface area contributed by atoms with Crippen LogP contribution >= 0.6 is 0 Å². The molecule has 1 saturated heterocycles. The number of carbonyl (C=O) groups excluding carboxylic acids is 1. The van der Waals surface area contributed by atoms with Crippen molar-refractivity contribution in [1.29, 1.82) is 0 Å². The number of piperazine rings is 1. The number of aryl methyl sites for hydroxylation is 1. The minimum Gasteiger partial charge on any atom is -0.366 e. The number of halogens is 1. The predicted molar refractivity (Wildman–Crippen MR) is 81.3 cm³/mol. The molecular formula is C16H17FN4O. The highest BCUT2D eigenvalue weighted by Crippen LogP contribution is 2.20. The van der Waals surface area contributed by atoms with Gasteiger partial charge in [0.2, 0.25) is 0 Å². The number of carbonyl (C=O) groups is 1. The molecule has 1 fully saturated rings. The van der Waals surface area contributed by atoms with Crippen molar-refractivity contribution in [3.05, 3.63) is 53.9 Å². The first-order chi connectivity index (χ1) is 10.6. The van der Waals surface area contributed by atoms with E-state index in [-0.39, 0.29) is 11.7 Å². The van der Waals surface area contributed by atoms with E-state index in [4.69, 9.17) is 0 Å². The largest absolute Gasteiger partial charge is 0.366 e. The molecule has 2 aromatic rings. The Labute approximate surface area is 128 Å². The molecule has 114 valence electrons. The van der Waals surface area contributed by atoms with Gasteiger partial charge in [-0.2, -0.15) is 0 Å². The van der Waals surface area contributed by atoms with E-state index in [0.717, 1.165) is 5.69 Å². The van der Waals surface area contributed by atoms with Gasteiger partial charge in [-0.05, 0) is 25.1 Å². The lowest BCUT2D eigenvalue weighted by Crippen LogP contribution is -2.49. The molecule has 6 heteroatoms. The molecule has 0 radical (unpaired) electrons. The Morgan fingerprint density at radius 2 is 1.86 bits per heavy atom. The van der Waals surface area contributed by atoms with Gasteiger partial charge >= 0.3 is 0 Å². The zero-order valence-electron chi connectivity index (χ0n) is 12.4. The monoisotopic (exact) mass is 300 g/mol. The van der Waals surface area contributed by atoms with Crippen LogP contribution in [0.15, 0.2) is 36.7 Å². The molecule has 0 N–H and O–H groups in total. The molecule has 0 saturated carbocycles. The van der Waals surface area contributed by atoms with Gasteiger partial charge in [0.05, 0.1) is 5.69 Å². The number of benzene rings is 1. The van der Waals surface area contributed by atoms with Crippen LogP contribution in [0, 0.1) is 12.7 Å². The van der Waals surface area contributed by atoms with Crippen LogP contribution in [-0.4, -0.2) is 47.0 Å². The quantitative estimate of drug-likeness (QED) is 0.850. The fourth-order valence-corrected chi connectivity index (χ4v) is 2.59. The molecule has 1 aromatic carbocycles. The summed E-state index contributed by atoms with van der Waals surface area (Å²) in [6.45, 7) is 4.15. The molecule has 0 unspecified atom stereocenters. The number of para-hydroxylation sites is 1. The van der Waals surface area contributed by atoms with Crippen molar-refractivity contribution in [1.82, 2.24) is 14.9 Å². The highest BCUT2D eigenvalue weighted by atomic mass is 19.1. The Morgan fingerprint density at radius 1 is 1.14 bits per heavy atom. The van der Waals surface area contributed by atoms with Gasteiger partial charge < -0.3 is 9.80 Å². The van der Waals surface area contributed by atoms with Gasteiger partial charge in [0.1, 0.15) is 17.8 Å². The van der Waals surface area contributed by atoms with Gasteiger partial charge in [0.25, 0.3) is 5.91 Å². The van der Waals surface area contributed by atoms with Gasteiger partial charge in [-0.3, -0.25) is 4.79 Å². The fraction of sp³-hybridized carbons (Fsp3) is 0.312. The van der Waals surface area contributed by atoms with Gasteiger partial charge in [-0.15, -0.1) is 0 Å². The van der Waals surface area contributed by atoms with Crippen LogP contribution in [0.25, 0.3) is 0 Å². The number of anilines is 1. The maximum absolute atomic E-state index is 13.8.